The molecule has 0 bridgehead atoms. The number of halogens is 1. The lowest BCUT2D eigenvalue weighted by molar-refractivity contribution is 0.0474. The summed E-state index contributed by atoms with van der Waals surface area (Å²) in [6, 6.07) is 4.58. The van der Waals surface area contributed by atoms with E-state index in [2.05, 4.69) is 19.2 Å². The maximum atomic E-state index is 13.6. The minimum absolute atomic E-state index is 0.192. The number of benzene rings is 1. The predicted octanol–water partition coefficient (Wildman–Crippen LogP) is 2.68. The molecule has 3 nitrogen and oxygen atoms in total. The van der Waals surface area contributed by atoms with Crippen molar-refractivity contribution in [2.45, 2.75) is 32.8 Å². The SMILES string of the molecule is COc1ccc(C(C)(O)CCNCC(C)C)cc1F. The summed E-state index contributed by atoms with van der Waals surface area (Å²) in [6.07, 6.45) is 0.533. The van der Waals surface area contributed by atoms with Gasteiger partial charge in [0.2, 0.25) is 0 Å². The Balaban J connectivity index is 2.63. The van der Waals surface area contributed by atoms with Crippen molar-refractivity contribution in [2.24, 2.45) is 5.92 Å². The van der Waals surface area contributed by atoms with Crippen molar-refractivity contribution < 1.29 is 14.2 Å². The van der Waals surface area contributed by atoms with Gasteiger partial charge in [0, 0.05) is 0 Å². The van der Waals surface area contributed by atoms with Gasteiger partial charge in [0.15, 0.2) is 11.6 Å². The normalized spacial score (nSPS) is 14.5. The van der Waals surface area contributed by atoms with Crippen LogP contribution >= 0.6 is 0 Å². The molecule has 0 radical (unpaired) electrons. The van der Waals surface area contributed by atoms with Crippen molar-refractivity contribution in [3.8, 4) is 5.75 Å². The molecule has 1 unspecified atom stereocenters. The Bertz CT molecular complexity index is 405. The highest BCUT2D eigenvalue weighted by atomic mass is 19.1. The summed E-state index contributed by atoms with van der Waals surface area (Å²) in [6.45, 7) is 7.56. The molecular formula is C15H24FNO2. The van der Waals surface area contributed by atoms with Gasteiger partial charge in [-0.3, -0.25) is 0 Å². The Morgan fingerprint density at radius 2 is 2.11 bits per heavy atom. The summed E-state index contributed by atoms with van der Waals surface area (Å²) >= 11 is 0. The zero-order valence-electron chi connectivity index (χ0n) is 12.2. The molecule has 0 aromatic heterocycles. The molecule has 1 aromatic rings. The Morgan fingerprint density at radius 1 is 1.42 bits per heavy atom. The van der Waals surface area contributed by atoms with Crippen LogP contribution in [0.5, 0.6) is 5.75 Å². The molecule has 1 atom stereocenters. The van der Waals surface area contributed by atoms with E-state index in [1.165, 1.54) is 13.2 Å². The molecular weight excluding hydrogens is 245 g/mol. The second-order valence-corrected chi connectivity index (χ2v) is 5.47. The molecule has 1 rings (SSSR count). The zero-order chi connectivity index (χ0) is 14.5. The zero-order valence-corrected chi connectivity index (χ0v) is 12.2. The summed E-state index contributed by atoms with van der Waals surface area (Å²) in [5, 5.41) is 13.7. The Labute approximate surface area is 114 Å². The third-order valence-corrected chi connectivity index (χ3v) is 3.11. The van der Waals surface area contributed by atoms with Crippen LogP contribution in [0.2, 0.25) is 0 Å². The molecule has 0 saturated heterocycles. The molecule has 19 heavy (non-hydrogen) atoms. The molecule has 0 spiro atoms. The fraction of sp³-hybridized carbons (Fsp3) is 0.600. The number of methoxy groups -OCH3 is 1. The van der Waals surface area contributed by atoms with Crippen LogP contribution in [0.25, 0.3) is 0 Å². The van der Waals surface area contributed by atoms with Gasteiger partial charge in [-0.2, -0.15) is 0 Å². The Morgan fingerprint density at radius 3 is 2.63 bits per heavy atom. The van der Waals surface area contributed by atoms with Crippen molar-refractivity contribution in [1.82, 2.24) is 5.32 Å². The largest absolute Gasteiger partial charge is 0.494 e. The fourth-order valence-electron chi connectivity index (χ4n) is 1.87. The molecule has 0 amide bonds. The number of hydrogen-bond acceptors (Lipinski definition) is 3. The maximum absolute atomic E-state index is 13.6. The second-order valence-electron chi connectivity index (χ2n) is 5.47. The third-order valence-electron chi connectivity index (χ3n) is 3.11. The van der Waals surface area contributed by atoms with Gasteiger partial charge in [-0.15, -0.1) is 0 Å². The average molecular weight is 269 g/mol. The van der Waals surface area contributed by atoms with E-state index < -0.39 is 11.4 Å². The topological polar surface area (TPSA) is 41.5 Å². The number of hydrogen-bond donors (Lipinski definition) is 2. The van der Waals surface area contributed by atoms with Crippen molar-refractivity contribution in [1.29, 1.82) is 0 Å². The molecule has 108 valence electrons. The van der Waals surface area contributed by atoms with Gasteiger partial charge < -0.3 is 15.2 Å². The minimum atomic E-state index is -1.04. The van der Waals surface area contributed by atoms with E-state index in [-0.39, 0.29) is 5.75 Å². The first-order valence-electron chi connectivity index (χ1n) is 6.64. The van der Waals surface area contributed by atoms with Crippen LogP contribution in [0, 0.1) is 11.7 Å². The quantitative estimate of drug-likeness (QED) is 0.748. The van der Waals surface area contributed by atoms with E-state index in [0.29, 0.717) is 24.4 Å². The van der Waals surface area contributed by atoms with Gasteiger partial charge in [0.05, 0.1) is 12.7 Å². The van der Waals surface area contributed by atoms with Crippen LogP contribution in [0.15, 0.2) is 18.2 Å². The van der Waals surface area contributed by atoms with E-state index in [1.54, 1.807) is 19.1 Å². The van der Waals surface area contributed by atoms with Crippen molar-refractivity contribution >= 4 is 0 Å². The van der Waals surface area contributed by atoms with Crippen LogP contribution in [-0.2, 0) is 5.60 Å². The number of rotatable bonds is 7. The van der Waals surface area contributed by atoms with Crippen molar-refractivity contribution in [3.05, 3.63) is 29.6 Å². The summed E-state index contributed by atoms with van der Waals surface area (Å²) < 4.78 is 18.5. The molecule has 0 fully saturated rings. The average Bonchev–Trinajstić information content (AvgIpc) is 2.34. The second kappa shape index (κ2) is 6.87. The van der Waals surface area contributed by atoms with E-state index in [1.807, 2.05) is 0 Å². The number of aliphatic hydroxyl groups is 1. The molecule has 0 saturated carbocycles. The monoisotopic (exact) mass is 269 g/mol. The molecule has 2 N–H and O–H groups in total. The highest BCUT2D eigenvalue weighted by Gasteiger charge is 2.23. The summed E-state index contributed by atoms with van der Waals surface area (Å²) in [5.74, 6) is 0.316. The first kappa shape index (κ1) is 15.9. The van der Waals surface area contributed by atoms with Crippen molar-refractivity contribution in [2.75, 3.05) is 20.2 Å². The summed E-state index contributed by atoms with van der Waals surface area (Å²) in [7, 11) is 1.42. The first-order chi connectivity index (χ1) is 8.86. The molecule has 1 aromatic carbocycles. The van der Waals surface area contributed by atoms with E-state index in [4.69, 9.17) is 4.74 Å². The predicted molar refractivity (Wildman–Crippen MR) is 74.8 cm³/mol. The van der Waals surface area contributed by atoms with Gasteiger partial charge in [0.25, 0.3) is 0 Å². The molecule has 0 heterocycles. The summed E-state index contributed by atoms with van der Waals surface area (Å²) in [5.41, 5.74) is -0.478. The maximum Gasteiger partial charge on any atom is 0.165 e. The van der Waals surface area contributed by atoms with E-state index in [9.17, 15) is 9.50 Å². The number of ether oxygens (including phenoxy) is 1. The van der Waals surface area contributed by atoms with E-state index in [0.717, 1.165) is 6.54 Å². The van der Waals surface area contributed by atoms with Gasteiger partial charge >= 0.3 is 0 Å². The Hall–Kier alpha value is -1.13. The highest BCUT2D eigenvalue weighted by molar-refractivity contribution is 5.32. The minimum Gasteiger partial charge on any atom is -0.494 e. The van der Waals surface area contributed by atoms with Gasteiger partial charge in [0.1, 0.15) is 0 Å². The lowest BCUT2D eigenvalue weighted by Gasteiger charge is -2.24. The highest BCUT2D eigenvalue weighted by Crippen LogP contribution is 2.28. The van der Waals surface area contributed by atoms with Crippen LogP contribution in [-0.4, -0.2) is 25.3 Å². The van der Waals surface area contributed by atoms with Crippen LogP contribution in [0.3, 0.4) is 0 Å². The van der Waals surface area contributed by atoms with Crippen LogP contribution < -0.4 is 10.1 Å². The molecule has 0 aliphatic rings. The molecule has 0 aliphatic heterocycles. The standard InChI is InChI=1S/C15H24FNO2/c1-11(2)10-17-8-7-15(3,18)12-5-6-14(19-4)13(16)9-12/h5-6,9,11,17-18H,7-8,10H2,1-4H3. The smallest absolute Gasteiger partial charge is 0.165 e. The Kier molecular flexibility index (Phi) is 5.76. The van der Waals surface area contributed by atoms with E-state index >= 15 is 0 Å². The van der Waals surface area contributed by atoms with Crippen LogP contribution in [0.1, 0.15) is 32.8 Å². The van der Waals surface area contributed by atoms with Gasteiger partial charge in [-0.1, -0.05) is 19.9 Å². The lowest BCUT2D eigenvalue weighted by atomic mass is 9.92. The van der Waals surface area contributed by atoms with Gasteiger partial charge in [-0.25, -0.2) is 4.39 Å². The van der Waals surface area contributed by atoms with Crippen LogP contribution in [0.4, 0.5) is 4.39 Å². The third kappa shape index (κ3) is 4.80. The fourth-order valence-corrected chi connectivity index (χ4v) is 1.87. The summed E-state index contributed by atoms with van der Waals surface area (Å²) in [4.78, 5) is 0. The first-order valence-corrected chi connectivity index (χ1v) is 6.64. The molecule has 0 aliphatic carbocycles. The van der Waals surface area contributed by atoms with Crippen molar-refractivity contribution in [3.63, 3.8) is 0 Å². The lowest BCUT2D eigenvalue weighted by Crippen LogP contribution is -2.29. The van der Waals surface area contributed by atoms with Gasteiger partial charge in [-0.05, 0) is 50.0 Å². The molecule has 4 heteroatoms. The number of nitrogens with one attached hydrogen (secondary N) is 1.